The summed E-state index contributed by atoms with van der Waals surface area (Å²) in [5.74, 6) is -6.72. The van der Waals surface area contributed by atoms with Gasteiger partial charge < -0.3 is 0 Å². The van der Waals surface area contributed by atoms with Gasteiger partial charge in [-0.25, -0.2) is 17.6 Å². The quantitative estimate of drug-likeness (QED) is 0.278. The van der Waals surface area contributed by atoms with Crippen LogP contribution in [0.25, 0.3) is 0 Å². The molecule has 12 heavy (non-hydrogen) atoms. The summed E-state index contributed by atoms with van der Waals surface area (Å²) < 4.78 is 49.3. The molecule has 0 atom stereocenters. The summed E-state index contributed by atoms with van der Waals surface area (Å²) in [7, 11) is 0. The van der Waals surface area contributed by atoms with Gasteiger partial charge in [-0.2, -0.15) is 0 Å². The van der Waals surface area contributed by atoms with E-state index < -0.39 is 28.8 Å². The maximum atomic E-state index is 12.4. The first-order chi connectivity index (χ1) is 5.57. The van der Waals surface area contributed by atoms with Crippen LogP contribution in [0.4, 0.5) is 17.6 Å². The van der Waals surface area contributed by atoms with E-state index in [-0.39, 0.29) is 12.4 Å². The Morgan fingerprint density at radius 2 is 1.58 bits per heavy atom. The zero-order chi connectivity index (χ0) is 9.30. The first kappa shape index (κ1) is 8.70. The standard InChI is InChI=1S/C7H2F4O/c8-4-1-5(9)7(11)6(10)3(4)2-12/h1-2H. The second-order valence-electron chi connectivity index (χ2n) is 2.00. The highest BCUT2D eigenvalue weighted by Gasteiger charge is 2.17. The minimum absolute atomic E-state index is 0.113. The number of carbonyl (C=O) groups is 1. The topological polar surface area (TPSA) is 17.1 Å². The highest BCUT2D eigenvalue weighted by Crippen LogP contribution is 2.16. The SMILES string of the molecule is O=Cc1c(F)cc(F)c(F)c1F. The summed E-state index contributed by atoms with van der Waals surface area (Å²) in [5, 5.41) is 0. The van der Waals surface area contributed by atoms with Crippen LogP contribution in [0.1, 0.15) is 10.4 Å². The van der Waals surface area contributed by atoms with Gasteiger partial charge in [0.2, 0.25) is 0 Å². The molecule has 0 saturated carbocycles. The fourth-order valence-electron chi connectivity index (χ4n) is 0.688. The van der Waals surface area contributed by atoms with E-state index in [1.807, 2.05) is 0 Å². The lowest BCUT2D eigenvalue weighted by atomic mass is 10.2. The molecule has 64 valence electrons. The molecule has 1 rings (SSSR count). The molecule has 0 radical (unpaired) electrons. The molecule has 1 aromatic carbocycles. The molecule has 0 aliphatic rings. The van der Waals surface area contributed by atoms with Gasteiger partial charge in [0.1, 0.15) is 5.82 Å². The highest BCUT2D eigenvalue weighted by atomic mass is 19.2. The maximum absolute atomic E-state index is 12.4. The van der Waals surface area contributed by atoms with Gasteiger partial charge in [-0.1, -0.05) is 0 Å². The number of carbonyl (C=O) groups excluding carboxylic acids is 1. The van der Waals surface area contributed by atoms with Crippen LogP contribution in [-0.4, -0.2) is 6.29 Å². The van der Waals surface area contributed by atoms with E-state index in [1.165, 1.54) is 0 Å². The normalized spacial score (nSPS) is 10.0. The van der Waals surface area contributed by atoms with Gasteiger partial charge >= 0.3 is 0 Å². The molecule has 0 N–H and O–H groups in total. The van der Waals surface area contributed by atoms with Gasteiger partial charge in [0.25, 0.3) is 0 Å². The molecule has 0 spiro atoms. The molecule has 0 fully saturated rings. The van der Waals surface area contributed by atoms with Crippen molar-refractivity contribution < 1.29 is 22.4 Å². The molecule has 0 bridgehead atoms. The molecule has 0 unspecified atom stereocenters. The van der Waals surface area contributed by atoms with E-state index in [2.05, 4.69) is 0 Å². The molecule has 1 aromatic rings. The van der Waals surface area contributed by atoms with Crippen molar-refractivity contribution in [3.63, 3.8) is 0 Å². The number of hydrogen-bond donors (Lipinski definition) is 0. The third-order valence-corrected chi connectivity index (χ3v) is 1.27. The second kappa shape index (κ2) is 2.92. The molecule has 0 aromatic heterocycles. The molecule has 0 heterocycles. The summed E-state index contributed by atoms with van der Waals surface area (Å²) in [6.45, 7) is 0. The van der Waals surface area contributed by atoms with Crippen LogP contribution in [-0.2, 0) is 0 Å². The summed E-state index contributed by atoms with van der Waals surface area (Å²) in [6.07, 6.45) is -0.215. The van der Waals surface area contributed by atoms with Gasteiger partial charge in [0.15, 0.2) is 23.7 Å². The van der Waals surface area contributed by atoms with Gasteiger partial charge in [0, 0.05) is 6.07 Å². The van der Waals surface area contributed by atoms with Crippen LogP contribution in [0, 0.1) is 23.3 Å². The predicted octanol–water partition coefficient (Wildman–Crippen LogP) is 2.06. The van der Waals surface area contributed by atoms with Crippen molar-refractivity contribution >= 4 is 6.29 Å². The Morgan fingerprint density at radius 3 is 2.08 bits per heavy atom. The van der Waals surface area contributed by atoms with Crippen LogP contribution >= 0.6 is 0 Å². The van der Waals surface area contributed by atoms with E-state index in [0.717, 1.165) is 0 Å². The van der Waals surface area contributed by atoms with Crippen molar-refractivity contribution in [2.75, 3.05) is 0 Å². The van der Waals surface area contributed by atoms with Crippen LogP contribution in [0.2, 0.25) is 0 Å². The van der Waals surface area contributed by atoms with Gasteiger partial charge in [-0.15, -0.1) is 0 Å². The lowest BCUT2D eigenvalue weighted by Crippen LogP contribution is -2.00. The van der Waals surface area contributed by atoms with E-state index in [1.54, 1.807) is 0 Å². The largest absolute Gasteiger partial charge is 0.298 e. The number of halogens is 4. The molecule has 0 aliphatic carbocycles. The third-order valence-electron chi connectivity index (χ3n) is 1.27. The van der Waals surface area contributed by atoms with E-state index in [9.17, 15) is 22.4 Å². The Kier molecular flexibility index (Phi) is 2.12. The highest BCUT2D eigenvalue weighted by molar-refractivity contribution is 5.75. The number of rotatable bonds is 1. The van der Waals surface area contributed by atoms with Crippen molar-refractivity contribution in [3.05, 3.63) is 34.9 Å². The zero-order valence-electron chi connectivity index (χ0n) is 5.57. The average Bonchev–Trinajstić information content (AvgIpc) is 2.01. The molecule has 0 amide bonds. The van der Waals surface area contributed by atoms with Crippen molar-refractivity contribution in [2.24, 2.45) is 0 Å². The first-order valence-electron chi connectivity index (χ1n) is 2.86. The van der Waals surface area contributed by atoms with E-state index >= 15 is 0 Å². The Balaban J connectivity index is 3.51. The smallest absolute Gasteiger partial charge is 0.195 e. The molecule has 0 saturated heterocycles. The average molecular weight is 178 g/mol. The molecule has 0 aliphatic heterocycles. The van der Waals surface area contributed by atoms with Crippen LogP contribution in [0.15, 0.2) is 6.07 Å². The molecular formula is C7H2F4O. The Morgan fingerprint density at radius 1 is 1.00 bits per heavy atom. The van der Waals surface area contributed by atoms with Crippen LogP contribution in [0.3, 0.4) is 0 Å². The Hall–Kier alpha value is -1.39. The number of aldehydes is 1. The summed E-state index contributed by atoms with van der Waals surface area (Å²) in [6, 6.07) is 0.113. The van der Waals surface area contributed by atoms with Crippen LogP contribution < -0.4 is 0 Å². The Labute approximate surface area is 64.6 Å². The lowest BCUT2D eigenvalue weighted by molar-refractivity contribution is 0.111. The summed E-state index contributed by atoms with van der Waals surface area (Å²) in [4.78, 5) is 9.94. The zero-order valence-corrected chi connectivity index (χ0v) is 5.57. The lowest BCUT2D eigenvalue weighted by Gasteiger charge is -1.98. The van der Waals surface area contributed by atoms with Crippen LogP contribution in [0.5, 0.6) is 0 Å². The van der Waals surface area contributed by atoms with E-state index in [4.69, 9.17) is 0 Å². The molecule has 5 heteroatoms. The monoisotopic (exact) mass is 178 g/mol. The van der Waals surface area contributed by atoms with Gasteiger partial charge in [-0.3, -0.25) is 4.79 Å². The maximum Gasteiger partial charge on any atom is 0.195 e. The van der Waals surface area contributed by atoms with Gasteiger partial charge in [0.05, 0.1) is 5.56 Å². The predicted molar refractivity (Wildman–Crippen MR) is 31.7 cm³/mol. The number of hydrogen-bond acceptors (Lipinski definition) is 1. The molecule has 1 nitrogen and oxygen atoms in total. The fourth-order valence-corrected chi connectivity index (χ4v) is 0.688. The minimum Gasteiger partial charge on any atom is -0.298 e. The fraction of sp³-hybridized carbons (Fsp3) is 0. The molecular weight excluding hydrogens is 176 g/mol. The van der Waals surface area contributed by atoms with Crippen molar-refractivity contribution in [3.8, 4) is 0 Å². The van der Waals surface area contributed by atoms with Crippen molar-refractivity contribution in [1.82, 2.24) is 0 Å². The van der Waals surface area contributed by atoms with Crippen molar-refractivity contribution in [2.45, 2.75) is 0 Å². The van der Waals surface area contributed by atoms with E-state index in [0.29, 0.717) is 0 Å². The Bertz CT molecular complexity index is 335. The second-order valence-corrected chi connectivity index (χ2v) is 2.00. The van der Waals surface area contributed by atoms with Gasteiger partial charge in [-0.05, 0) is 0 Å². The minimum atomic E-state index is -1.85. The number of benzene rings is 1. The van der Waals surface area contributed by atoms with Crippen molar-refractivity contribution in [1.29, 1.82) is 0 Å². The third kappa shape index (κ3) is 1.17. The first-order valence-corrected chi connectivity index (χ1v) is 2.86. The summed E-state index contributed by atoms with van der Waals surface area (Å²) in [5.41, 5.74) is -1.10. The summed E-state index contributed by atoms with van der Waals surface area (Å²) >= 11 is 0.